The van der Waals surface area contributed by atoms with E-state index in [4.69, 9.17) is 11.6 Å². The lowest BCUT2D eigenvalue weighted by atomic mass is 10.2. The van der Waals surface area contributed by atoms with Gasteiger partial charge in [-0.2, -0.15) is 0 Å². The molecule has 1 aromatic heterocycles. The summed E-state index contributed by atoms with van der Waals surface area (Å²) < 4.78 is 27.5. The van der Waals surface area contributed by atoms with E-state index in [2.05, 4.69) is 10.0 Å². The van der Waals surface area contributed by atoms with Crippen LogP contribution in [0.25, 0.3) is 0 Å². The number of sulfonamides is 1. The highest BCUT2D eigenvalue weighted by Crippen LogP contribution is 2.20. The summed E-state index contributed by atoms with van der Waals surface area (Å²) in [4.78, 5) is 13.3. The molecule has 0 fully saturated rings. The molecule has 0 radical (unpaired) electrons. The number of carbonyl (C=O) groups is 1. The van der Waals surface area contributed by atoms with E-state index in [0.29, 0.717) is 17.3 Å². The molecule has 0 unspecified atom stereocenters. The second kappa shape index (κ2) is 7.90. The molecule has 8 heteroatoms. The fourth-order valence-electron chi connectivity index (χ4n) is 2.25. The van der Waals surface area contributed by atoms with Gasteiger partial charge in [0.1, 0.15) is 0 Å². The predicted molar refractivity (Wildman–Crippen MR) is 104 cm³/mol. The number of carbonyl (C=O) groups excluding carboxylic acids is 1. The number of thiophene rings is 1. The molecular formula is C18H15ClN2O3S2. The van der Waals surface area contributed by atoms with E-state index in [-0.39, 0.29) is 16.4 Å². The minimum atomic E-state index is -3.83. The Morgan fingerprint density at radius 3 is 2.58 bits per heavy atom. The zero-order chi connectivity index (χ0) is 18.6. The van der Waals surface area contributed by atoms with Crippen molar-refractivity contribution in [1.29, 1.82) is 0 Å². The number of hydrogen-bond donors (Lipinski definition) is 2. The molecule has 1 heterocycles. The molecule has 2 N–H and O–H groups in total. The summed E-state index contributed by atoms with van der Waals surface area (Å²) in [7, 11) is -3.83. The number of amides is 1. The first-order valence-electron chi connectivity index (χ1n) is 7.63. The van der Waals surface area contributed by atoms with Crippen molar-refractivity contribution in [3.63, 3.8) is 0 Å². The summed E-state index contributed by atoms with van der Waals surface area (Å²) in [5, 5.41) is 5.13. The summed E-state index contributed by atoms with van der Waals surface area (Å²) in [5.41, 5.74) is 0.626. The van der Waals surface area contributed by atoms with Gasteiger partial charge in [-0.05, 0) is 47.8 Å². The predicted octanol–water partition coefficient (Wildman–Crippen LogP) is 4.13. The maximum Gasteiger partial charge on any atom is 0.261 e. The molecule has 3 aromatic rings. The van der Waals surface area contributed by atoms with Crippen LogP contribution in [0.15, 0.2) is 70.9 Å². The van der Waals surface area contributed by atoms with Gasteiger partial charge in [0.15, 0.2) is 0 Å². The second-order valence-electron chi connectivity index (χ2n) is 5.41. The first-order chi connectivity index (χ1) is 12.4. The van der Waals surface area contributed by atoms with Gasteiger partial charge in [-0.3, -0.25) is 9.52 Å². The summed E-state index contributed by atoms with van der Waals surface area (Å²) in [6.07, 6.45) is 0. The monoisotopic (exact) mass is 406 g/mol. The number of rotatable bonds is 6. The van der Waals surface area contributed by atoms with Crippen LogP contribution in [-0.2, 0) is 16.6 Å². The molecule has 134 valence electrons. The largest absolute Gasteiger partial charge is 0.347 e. The van der Waals surface area contributed by atoms with Crippen LogP contribution in [0.2, 0.25) is 5.02 Å². The Morgan fingerprint density at radius 2 is 1.85 bits per heavy atom. The van der Waals surface area contributed by atoms with E-state index in [1.807, 2.05) is 17.5 Å². The zero-order valence-corrected chi connectivity index (χ0v) is 15.9. The Kier molecular flexibility index (Phi) is 5.61. The summed E-state index contributed by atoms with van der Waals surface area (Å²) in [5.74, 6) is -0.335. The number of benzene rings is 2. The summed E-state index contributed by atoms with van der Waals surface area (Å²) in [6.45, 7) is 0.397. The van der Waals surface area contributed by atoms with Gasteiger partial charge >= 0.3 is 0 Å². The van der Waals surface area contributed by atoms with Crippen molar-refractivity contribution >= 4 is 44.6 Å². The molecule has 5 nitrogen and oxygen atoms in total. The number of nitrogens with one attached hydrogen (secondary N) is 2. The fourth-order valence-corrected chi connectivity index (χ4v) is 4.18. The average Bonchev–Trinajstić information content (AvgIpc) is 3.13. The van der Waals surface area contributed by atoms with Gasteiger partial charge in [0.2, 0.25) is 0 Å². The van der Waals surface area contributed by atoms with Crippen LogP contribution in [-0.4, -0.2) is 14.3 Å². The Bertz CT molecular complexity index is 1020. The molecule has 0 saturated heterocycles. The standard InChI is InChI=1S/C18H15ClN2O3S2/c19-14-5-2-6-15(11-14)21-26(23,24)17-8-1-4-13(10-17)18(22)20-12-16-7-3-9-25-16/h1-11,21H,12H2,(H,20,22). The van der Waals surface area contributed by atoms with Crippen molar-refractivity contribution in [2.24, 2.45) is 0 Å². The van der Waals surface area contributed by atoms with Crippen LogP contribution in [0.1, 0.15) is 15.2 Å². The van der Waals surface area contributed by atoms with E-state index in [1.54, 1.807) is 24.3 Å². The molecule has 3 rings (SSSR count). The minimum absolute atomic E-state index is 0.00116. The second-order valence-corrected chi connectivity index (χ2v) is 8.56. The third-order valence-corrected chi connectivity index (χ3v) is 5.98. The Morgan fingerprint density at radius 1 is 1.04 bits per heavy atom. The normalized spacial score (nSPS) is 11.1. The highest BCUT2D eigenvalue weighted by atomic mass is 35.5. The van der Waals surface area contributed by atoms with Crippen LogP contribution in [0.4, 0.5) is 5.69 Å². The molecule has 0 atom stereocenters. The molecule has 0 aliphatic rings. The molecule has 1 amide bonds. The van der Waals surface area contributed by atoms with Gasteiger partial charge in [-0.15, -0.1) is 11.3 Å². The van der Waals surface area contributed by atoms with E-state index in [1.165, 1.54) is 35.6 Å². The van der Waals surface area contributed by atoms with Crippen molar-refractivity contribution < 1.29 is 13.2 Å². The molecule has 26 heavy (non-hydrogen) atoms. The number of hydrogen-bond acceptors (Lipinski definition) is 4. The van der Waals surface area contributed by atoms with Crippen molar-refractivity contribution in [2.45, 2.75) is 11.4 Å². The van der Waals surface area contributed by atoms with Crippen LogP contribution >= 0.6 is 22.9 Å². The van der Waals surface area contributed by atoms with Gasteiger partial charge in [0.05, 0.1) is 17.1 Å². The molecule has 0 spiro atoms. The Hall–Kier alpha value is -2.35. The highest BCUT2D eigenvalue weighted by Gasteiger charge is 2.16. The third kappa shape index (κ3) is 4.63. The SMILES string of the molecule is O=C(NCc1cccs1)c1cccc(S(=O)(=O)Nc2cccc(Cl)c2)c1. The summed E-state index contributed by atoms with van der Waals surface area (Å²) in [6, 6.07) is 16.1. The minimum Gasteiger partial charge on any atom is -0.347 e. The lowest BCUT2D eigenvalue weighted by Gasteiger charge is -2.10. The fraction of sp³-hybridized carbons (Fsp3) is 0.0556. The number of anilines is 1. The van der Waals surface area contributed by atoms with E-state index in [9.17, 15) is 13.2 Å². The summed E-state index contributed by atoms with van der Waals surface area (Å²) >= 11 is 7.42. The maximum atomic E-state index is 12.5. The molecule has 2 aromatic carbocycles. The smallest absolute Gasteiger partial charge is 0.261 e. The Labute approximate surface area is 160 Å². The lowest BCUT2D eigenvalue weighted by Crippen LogP contribution is -2.23. The maximum absolute atomic E-state index is 12.5. The molecule has 0 aliphatic carbocycles. The van der Waals surface area contributed by atoms with Crippen LogP contribution in [0.5, 0.6) is 0 Å². The number of halogens is 1. The van der Waals surface area contributed by atoms with Crippen molar-refractivity contribution in [3.05, 3.63) is 81.5 Å². The van der Waals surface area contributed by atoms with Crippen LogP contribution in [0, 0.1) is 0 Å². The van der Waals surface area contributed by atoms with E-state index >= 15 is 0 Å². The first-order valence-corrected chi connectivity index (χ1v) is 10.4. The Balaban J connectivity index is 1.76. The van der Waals surface area contributed by atoms with E-state index < -0.39 is 10.0 Å². The topological polar surface area (TPSA) is 75.3 Å². The van der Waals surface area contributed by atoms with Gasteiger partial charge in [-0.25, -0.2) is 8.42 Å². The van der Waals surface area contributed by atoms with Crippen molar-refractivity contribution in [2.75, 3.05) is 4.72 Å². The quantitative estimate of drug-likeness (QED) is 0.646. The van der Waals surface area contributed by atoms with Crippen LogP contribution in [0.3, 0.4) is 0 Å². The van der Waals surface area contributed by atoms with Crippen LogP contribution < -0.4 is 10.0 Å². The zero-order valence-electron chi connectivity index (χ0n) is 13.5. The molecule has 0 aliphatic heterocycles. The van der Waals surface area contributed by atoms with Crippen molar-refractivity contribution in [1.82, 2.24) is 5.32 Å². The third-order valence-electron chi connectivity index (χ3n) is 3.49. The highest BCUT2D eigenvalue weighted by molar-refractivity contribution is 7.92. The van der Waals surface area contributed by atoms with E-state index in [0.717, 1.165) is 4.88 Å². The van der Waals surface area contributed by atoms with Gasteiger partial charge < -0.3 is 5.32 Å². The average molecular weight is 407 g/mol. The molecular weight excluding hydrogens is 392 g/mol. The van der Waals surface area contributed by atoms with Crippen molar-refractivity contribution in [3.8, 4) is 0 Å². The van der Waals surface area contributed by atoms with Gasteiger partial charge in [0, 0.05) is 15.5 Å². The van der Waals surface area contributed by atoms with Gasteiger partial charge in [0.25, 0.3) is 15.9 Å². The van der Waals surface area contributed by atoms with Gasteiger partial charge in [-0.1, -0.05) is 29.8 Å². The molecule has 0 saturated carbocycles. The molecule has 0 bridgehead atoms. The first kappa shape index (κ1) is 18.4. The lowest BCUT2D eigenvalue weighted by molar-refractivity contribution is 0.0951.